The molecule has 4 nitrogen and oxygen atoms in total. The molecule has 7 heteroatoms. The Morgan fingerprint density at radius 3 is 2.73 bits per heavy atom. The van der Waals surface area contributed by atoms with Gasteiger partial charge in [0.2, 0.25) is 0 Å². The van der Waals surface area contributed by atoms with E-state index in [1.165, 1.54) is 24.5 Å². The molecule has 0 saturated carbocycles. The molecule has 2 aromatic rings. The molecule has 0 atom stereocenters. The van der Waals surface area contributed by atoms with E-state index in [1.54, 1.807) is 12.3 Å². The van der Waals surface area contributed by atoms with Crippen LogP contribution in [0.3, 0.4) is 0 Å². The van der Waals surface area contributed by atoms with Crippen LogP contribution < -0.4 is 5.43 Å². The van der Waals surface area contributed by atoms with Gasteiger partial charge in [0.25, 0.3) is 0 Å². The number of methoxy groups -OCH3 is 1. The molecule has 0 aliphatic heterocycles. The fraction of sp³-hybridized carbons (Fsp3) is 0.200. The number of carbonyl (C=O) groups excluding carboxylic acids is 1. The molecule has 1 N–H and O–H groups in total. The summed E-state index contributed by atoms with van der Waals surface area (Å²) in [5.41, 5.74) is 4.60. The van der Waals surface area contributed by atoms with E-state index >= 15 is 0 Å². The molecule has 1 aromatic carbocycles. The minimum absolute atomic E-state index is 0.182. The third kappa shape index (κ3) is 3.30. The van der Waals surface area contributed by atoms with Gasteiger partial charge in [-0.1, -0.05) is 0 Å². The monoisotopic (exact) mass is 324 g/mol. The number of rotatable bonds is 4. The van der Waals surface area contributed by atoms with Gasteiger partial charge in [0.15, 0.2) is 0 Å². The lowest BCUT2D eigenvalue weighted by atomic mass is 10.1. The van der Waals surface area contributed by atoms with Gasteiger partial charge < -0.3 is 4.74 Å². The summed E-state index contributed by atoms with van der Waals surface area (Å²) in [6.07, 6.45) is 0. The van der Waals surface area contributed by atoms with Crippen molar-refractivity contribution in [3.63, 3.8) is 0 Å². The Morgan fingerprint density at radius 1 is 1.36 bits per heavy atom. The Hall–Kier alpha value is -2.28. The number of carbonyl (C=O) groups is 1. The number of ether oxygens (including phenoxy) is 1. The Labute approximate surface area is 130 Å². The van der Waals surface area contributed by atoms with Gasteiger partial charge in [-0.25, -0.2) is 13.6 Å². The highest BCUT2D eigenvalue weighted by atomic mass is 32.1. The van der Waals surface area contributed by atoms with Gasteiger partial charge in [-0.15, -0.1) is 11.3 Å². The molecule has 116 valence electrons. The van der Waals surface area contributed by atoms with E-state index in [0.717, 1.165) is 17.7 Å². The van der Waals surface area contributed by atoms with Crippen molar-refractivity contribution in [2.75, 3.05) is 12.5 Å². The largest absolute Gasteiger partial charge is 0.465 e. The van der Waals surface area contributed by atoms with Crippen LogP contribution in [-0.2, 0) is 4.74 Å². The van der Waals surface area contributed by atoms with Crippen LogP contribution in [-0.4, -0.2) is 18.8 Å². The van der Waals surface area contributed by atoms with Crippen LogP contribution in [0.15, 0.2) is 28.7 Å². The van der Waals surface area contributed by atoms with Crippen molar-refractivity contribution in [3.05, 3.63) is 51.2 Å². The van der Waals surface area contributed by atoms with E-state index in [2.05, 4.69) is 10.5 Å². The van der Waals surface area contributed by atoms with Crippen molar-refractivity contribution in [2.24, 2.45) is 5.10 Å². The Bertz CT molecular complexity index is 741. The van der Waals surface area contributed by atoms with Crippen molar-refractivity contribution in [1.29, 1.82) is 0 Å². The molecule has 0 aliphatic carbocycles. The number of thiophene rings is 1. The molecule has 0 radical (unpaired) electrons. The molecule has 0 spiro atoms. The zero-order chi connectivity index (χ0) is 16.3. The third-order valence-corrected chi connectivity index (χ3v) is 4.08. The summed E-state index contributed by atoms with van der Waals surface area (Å²) in [7, 11) is 1.30. The number of esters is 1. The van der Waals surface area contributed by atoms with Gasteiger partial charge >= 0.3 is 5.97 Å². The molecule has 0 bridgehead atoms. The predicted molar refractivity (Wildman–Crippen MR) is 82.6 cm³/mol. The van der Waals surface area contributed by atoms with Crippen LogP contribution in [0.25, 0.3) is 0 Å². The van der Waals surface area contributed by atoms with Crippen LogP contribution in [0.2, 0.25) is 0 Å². The van der Waals surface area contributed by atoms with E-state index in [-0.39, 0.29) is 5.56 Å². The summed E-state index contributed by atoms with van der Waals surface area (Å²) in [4.78, 5) is 12.0. The van der Waals surface area contributed by atoms with Gasteiger partial charge in [-0.2, -0.15) is 5.10 Å². The second kappa shape index (κ2) is 6.65. The molecule has 2 rings (SSSR count). The maximum Gasteiger partial charge on any atom is 0.350 e. The quantitative estimate of drug-likeness (QED) is 0.526. The predicted octanol–water partition coefficient (Wildman–Crippen LogP) is 3.96. The van der Waals surface area contributed by atoms with Crippen molar-refractivity contribution >= 4 is 28.7 Å². The second-order valence-electron chi connectivity index (χ2n) is 4.55. The molecular weight excluding hydrogens is 310 g/mol. The van der Waals surface area contributed by atoms with E-state index in [9.17, 15) is 13.6 Å². The number of aryl methyl sites for hydroxylation is 1. The number of nitrogens with zero attached hydrogens (tertiary/aromatic N) is 1. The molecular formula is C15H14F2N2O2S. The van der Waals surface area contributed by atoms with E-state index < -0.39 is 17.6 Å². The lowest BCUT2D eigenvalue weighted by Gasteiger charge is -2.06. The highest BCUT2D eigenvalue weighted by molar-refractivity contribution is 7.12. The lowest BCUT2D eigenvalue weighted by Crippen LogP contribution is -2.06. The summed E-state index contributed by atoms with van der Waals surface area (Å²) in [6, 6.07) is 3.27. The number of hydrogen-bond acceptors (Lipinski definition) is 5. The third-order valence-electron chi connectivity index (χ3n) is 3.00. The molecule has 22 heavy (non-hydrogen) atoms. The molecule has 0 fully saturated rings. The molecule has 0 unspecified atom stereocenters. The zero-order valence-electron chi connectivity index (χ0n) is 12.2. The Balaban J connectivity index is 2.28. The van der Waals surface area contributed by atoms with Crippen LogP contribution in [0.5, 0.6) is 0 Å². The van der Waals surface area contributed by atoms with Crippen LogP contribution in [0.4, 0.5) is 14.5 Å². The average molecular weight is 324 g/mol. The fourth-order valence-corrected chi connectivity index (χ4v) is 2.73. The molecule has 1 heterocycles. The van der Waals surface area contributed by atoms with E-state index in [0.29, 0.717) is 16.3 Å². The minimum Gasteiger partial charge on any atom is -0.465 e. The average Bonchev–Trinajstić information content (AvgIpc) is 2.85. The van der Waals surface area contributed by atoms with Gasteiger partial charge in [-0.05, 0) is 36.9 Å². The standard InChI is InChI=1S/C15H14F2N2O2S/c1-8-7-22-14(15(20)21-3)13(8)19-18-9(2)11-5-4-10(16)6-12(11)17/h4-7,19H,1-3H3/b18-9-. The number of benzene rings is 1. The van der Waals surface area contributed by atoms with Gasteiger partial charge in [0.05, 0.1) is 18.5 Å². The Kier molecular flexibility index (Phi) is 4.87. The first kappa shape index (κ1) is 16.1. The number of hydrazone groups is 1. The second-order valence-corrected chi connectivity index (χ2v) is 5.43. The highest BCUT2D eigenvalue weighted by Crippen LogP contribution is 2.28. The molecule has 1 aromatic heterocycles. The summed E-state index contributed by atoms with van der Waals surface area (Å²) < 4.78 is 31.3. The summed E-state index contributed by atoms with van der Waals surface area (Å²) in [5.74, 6) is -1.82. The number of nitrogens with one attached hydrogen (secondary N) is 1. The summed E-state index contributed by atoms with van der Waals surface area (Å²) in [6.45, 7) is 3.40. The van der Waals surface area contributed by atoms with E-state index in [4.69, 9.17) is 4.74 Å². The lowest BCUT2D eigenvalue weighted by molar-refractivity contribution is 0.0607. The van der Waals surface area contributed by atoms with Crippen LogP contribution in [0.1, 0.15) is 27.7 Å². The highest BCUT2D eigenvalue weighted by Gasteiger charge is 2.16. The number of hydrogen-bond donors (Lipinski definition) is 1. The molecule has 0 saturated heterocycles. The maximum absolute atomic E-state index is 13.7. The van der Waals surface area contributed by atoms with Crippen molar-refractivity contribution in [3.8, 4) is 0 Å². The first-order valence-electron chi connectivity index (χ1n) is 6.36. The van der Waals surface area contributed by atoms with Crippen LogP contribution >= 0.6 is 11.3 Å². The first-order valence-corrected chi connectivity index (χ1v) is 7.24. The molecule has 0 aliphatic rings. The summed E-state index contributed by atoms with van der Waals surface area (Å²) >= 11 is 1.23. The zero-order valence-corrected chi connectivity index (χ0v) is 13.1. The van der Waals surface area contributed by atoms with Gasteiger partial charge in [0.1, 0.15) is 16.5 Å². The van der Waals surface area contributed by atoms with Crippen molar-refractivity contribution in [2.45, 2.75) is 13.8 Å². The van der Waals surface area contributed by atoms with Gasteiger partial charge in [0, 0.05) is 11.6 Å². The molecule has 0 amide bonds. The van der Waals surface area contributed by atoms with Gasteiger partial charge in [-0.3, -0.25) is 5.43 Å². The SMILES string of the molecule is COC(=O)c1scc(C)c1N/N=C(/C)c1ccc(F)cc1F. The topological polar surface area (TPSA) is 50.7 Å². The normalized spacial score (nSPS) is 11.4. The minimum atomic E-state index is -0.696. The number of anilines is 1. The number of halogens is 2. The maximum atomic E-state index is 13.7. The van der Waals surface area contributed by atoms with Crippen molar-refractivity contribution < 1.29 is 18.3 Å². The fourth-order valence-electron chi connectivity index (χ4n) is 1.81. The Morgan fingerprint density at radius 2 is 2.09 bits per heavy atom. The first-order chi connectivity index (χ1) is 10.4. The van der Waals surface area contributed by atoms with Crippen LogP contribution in [0, 0.1) is 18.6 Å². The smallest absolute Gasteiger partial charge is 0.350 e. The van der Waals surface area contributed by atoms with E-state index in [1.807, 2.05) is 6.92 Å². The van der Waals surface area contributed by atoms with Crippen molar-refractivity contribution in [1.82, 2.24) is 0 Å². The summed E-state index contributed by atoms with van der Waals surface area (Å²) in [5, 5.41) is 5.86.